The molecule has 40 heavy (non-hydrogen) atoms. The fourth-order valence-corrected chi connectivity index (χ4v) is 6.49. The summed E-state index contributed by atoms with van der Waals surface area (Å²) < 4.78 is 3.39. The molecule has 6 rings (SSSR count). The van der Waals surface area contributed by atoms with E-state index in [1.807, 2.05) is 66.2 Å². The van der Waals surface area contributed by atoms with Crippen molar-refractivity contribution >= 4 is 33.9 Å². The number of amides is 2. The fraction of sp³-hybridized carbons (Fsp3) is 0.400. The van der Waals surface area contributed by atoms with Crippen LogP contribution in [0.3, 0.4) is 0 Å². The number of likely N-dealkylation sites (tertiary alicyclic amines) is 2. The van der Waals surface area contributed by atoms with Crippen molar-refractivity contribution in [2.24, 2.45) is 13.0 Å². The average molecular weight is 544 g/mol. The number of fused-ring (bicyclic) bond motifs is 3. The Morgan fingerprint density at radius 1 is 1.00 bits per heavy atom. The van der Waals surface area contributed by atoms with E-state index in [-0.39, 0.29) is 36.4 Å². The summed E-state index contributed by atoms with van der Waals surface area (Å²) in [5.41, 5.74) is 1.15. The Bertz CT molecular complexity index is 1640. The highest BCUT2D eigenvalue weighted by Crippen LogP contribution is 2.35. The number of para-hydroxylation sites is 1. The van der Waals surface area contributed by atoms with E-state index in [9.17, 15) is 24.6 Å². The first-order chi connectivity index (χ1) is 19.3. The van der Waals surface area contributed by atoms with Crippen LogP contribution in [0.15, 0.2) is 65.7 Å². The second-order valence-corrected chi connectivity index (χ2v) is 11.1. The van der Waals surface area contributed by atoms with E-state index in [0.717, 1.165) is 16.5 Å². The molecule has 2 amide bonds. The number of benzene rings is 2. The lowest BCUT2D eigenvalue weighted by Crippen LogP contribution is -2.53. The third kappa shape index (κ3) is 4.52. The molecule has 0 saturated carbocycles. The Morgan fingerprint density at radius 2 is 1.70 bits per heavy atom. The van der Waals surface area contributed by atoms with Gasteiger partial charge in [-0.05, 0) is 30.9 Å². The molecular formula is C30H33N5O5. The monoisotopic (exact) mass is 543 g/mol. The topological polar surface area (TPSA) is 121 Å². The normalized spacial score (nSPS) is 21.1. The van der Waals surface area contributed by atoms with Crippen LogP contribution in [0.4, 0.5) is 4.79 Å². The van der Waals surface area contributed by atoms with Crippen LogP contribution in [0, 0.1) is 5.92 Å². The van der Waals surface area contributed by atoms with Gasteiger partial charge in [-0.25, -0.2) is 9.78 Å². The molecule has 2 saturated heterocycles. The van der Waals surface area contributed by atoms with Crippen LogP contribution in [0.5, 0.6) is 0 Å². The average Bonchev–Trinajstić information content (AvgIpc) is 3.27. The second-order valence-electron chi connectivity index (χ2n) is 11.1. The molecule has 2 fully saturated rings. The van der Waals surface area contributed by atoms with Gasteiger partial charge in [0.2, 0.25) is 5.91 Å². The number of hydrogen-bond donors (Lipinski definition) is 2. The number of carbonyl (C=O) groups is 2. The van der Waals surface area contributed by atoms with Gasteiger partial charge < -0.3 is 24.6 Å². The van der Waals surface area contributed by atoms with E-state index in [2.05, 4.69) is 4.98 Å². The first-order valence-corrected chi connectivity index (χ1v) is 13.7. The Balaban J connectivity index is 1.18. The summed E-state index contributed by atoms with van der Waals surface area (Å²) in [5, 5.41) is 22.4. The highest BCUT2D eigenvalue weighted by molar-refractivity contribution is 6.06. The minimum atomic E-state index is -1.15. The van der Waals surface area contributed by atoms with Gasteiger partial charge in [-0.1, -0.05) is 48.5 Å². The zero-order valence-electron chi connectivity index (χ0n) is 22.4. The molecule has 0 aliphatic carbocycles. The van der Waals surface area contributed by atoms with Crippen molar-refractivity contribution in [3.8, 4) is 0 Å². The molecule has 2 aromatic carbocycles. The van der Waals surface area contributed by atoms with Gasteiger partial charge in [-0.2, -0.15) is 0 Å². The third-order valence-corrected chi connectivity index (χ3v) is 8.77. The SMILES string of the molecule is Cn1c2ccccc2c2c(=O)n(CC3(O)CCN(C(=O)[C@@H]4CCN(C(=O)O)C[C@H]4c4ccccc4)CC3)cnc21. The first kappa shape index (κ1) is 26.1. The smallest absolute Gasteiger partial charge is 0.407 e. The van der Waals surface area contributed by atoms with E-state index < -0.39 is 11.7 Å². The molecule has 2 aromatic heterocycles. The van der Waals surface area contributed by atoms with Crippen molar-refractivity contribution < 1.29 is 19.8 Å². The summed E-state index contributed by atoms with van der Waals surface area (Å²) >= 11 is 0. The molecule has 0 radical (unpaired) electrons. The highest BCUT2D eigenvalue weighted by atomic mass is 16.4. The van der Waals surface area contributed by atoms with Crippen molar-refractivity contribution in [1.82, 2.24) is 23.9 Å². The molecule has 208 valence electrons. The van der Waals surface area contributed by atoms with Gasteiger partial charge in [0.15, 0.2) is 0 Å². The molecule has 2 atom stereocenters. The number of nitrogens with zero attached hydrogens (tertiary/aromatic N) is 5. The molecule has 10 nitrogen and oxygen atoms in total. The van der Waals surface area contributed by atoms with Gasteiger partial charge in [0.25, 0.3) is 5.56 Å². The standard InChI is InChI=1S/C30H33N5O5/c1-32-24-10-6-5-9-22(24)25-26(32)31-19-35(28(25)37)18-30(40)12-15-33(16-13-30)27(36)21-11-14-34(29(38)39)17-23(21)20-7-3-2-4-8-20/h2-10,19,21,23,40H,11-18H2,1H3,(H,38,39)/t21-,23+/m1/s1. The van der Waals surface area contributed by atoms with Gasteiger partial charge in [-0.3, -0.25) is 14.2 Å². The molecule has 0 spiro atoms. The van der Waals surface area contributed by atoms with Gasteiger partial charge in [0.05, 0.1) is 23.0 Å². The number of carboxylic acid groups (broad SMARTS) is 1. The maximum Gasteiger partial charge on any atom is 0.407 e. The lowest BCUT2D eigenvalue weighted by Gasteiger charge is -2.42. The minimum absolute atomic E-state index is 0.00282. The second kappa shape index (κ2) is 10.1. The Hall–Kier alpha value is -4.18. The summed E-state index contributed by atoms with van der Waals surface area (Å²) in [5.74, 6) is -0.557. The van der Waals surface area contributed by atoms with Crippen molar-refractivity contribution in [3.63, 3.8) is 0 Å². The number of rotatable bonds is 4. The molecule has 2 N–H and O–H groups in total. The van der Waals surface area contributed by atoms with E-state index in [1.165, 1.54) is 15.8 Å². The zero-order valence-corrected chi connectivity index (χ0v) is 22.4. The Kier molecular flexibility index (Phi) is 6.58. The van der Waals surface area contributed by atoms with Gasteiger partial charge >= 0.3 is 6.09 Å². The summed E-state index contributed by atoms with van der Waals surface area (Å²) in [6, 6.07) is 17.3. The molecular weight excluding hydrogens is 510 g/mol. The summed E-state index contributed by atoms with van der Waals surface area (Å²) in [6.07, 6.45) is 1.66. The highest BCUT2D eigenvalue weighted by Gasteiger charge is 2.41. The Morgan fingerprint density at radius 3 is 2.42 bits per heavy atom. The predicted molar refractivity (Wildman–Crippen MR) is 150 cm³/mol. The molecule has 2 aliphatic heterocycles. The van der Waals surface area contributed by atoms with E-state index in [4.69, 9.17) is 0 Å². The quantitative estimate of drug-likeness (QED) is 0.408. The number of aromatic nitrogens is 3. The molecule has 0 unspecified atom stereocenters. The van der Waals surface area contributed by atoms with Crippen LogP contribution in [0.25, 0.3) is 21.9 Å². The summed E-state index contributed by atoms with van der Waals surface area (Å²) in [7, 11) is 1.88. The molecule has 0 bridgehead atoms. The van der Waals surface area contributed by atoms with Crippen LogP contribution >= 0.6 is 0 Å². The van der Waals surface area contributed by atoms with E-state index in [1.54, 1.807) is 4.90 Å². The van der Waals surface area contributed by atoms with Crippen LogP contribution in [-0.4, -0.2) is 77.9 Å². The number of piperidine rings is 2. The van der Waals surface area contributed by atoms with E-state index >= 15 is 0 Å². The van der Waals surface area contributed by atoms with Crippen LogP contribution < -0.4 is 5.56 Å². The fourth-order valence-electron chi connectivity index (χ4n) is 6.49. The molecule has 2 aliphatic rings. The maximum atomic E-state index is 13.7. The summed E-state index contributed by atoms with van der Waals surface area (Å²) in [6.45, 7) is 1.44. The van der Waals surface area contributed by atoms with Crippen LogP contribution in [-0.2, 0) is 18.4 Å². The van der Waals surface area contributed by atoms with Crippen molar-refractivity contribution in [2.75, 3.05) is 26.2 Å². The van der Waals surface area contributed by atoms with Gasteiger partial charge in [-0.15, -0.1) is 0 Å². The molecule has 10 heteroatoms. The minimum Gasteiger partial charge on any atom is -0.465 e. The third-order valence-electron chi connectivity index (χ3n) is 8.77. The molecule has 4 aromatic rings. The lowest BCUT2D eigenvalue weighted by atomic mass is 9.79. The van der Waals surface area contributed by atoms with E-state index in [0.29, 0.717) is 49.9 Å². The Labute approximate surface area is 231 Å². The van der Waals surface area contributed by atoms with Crippen LogP contribution in [0.2, 0.25) is 0 Å². The van der Waals surface area contributed by atoms with Crippen LogP contribution in [0.1, 0.15) is 30.7 Å². The lowest BCUT2D eigenvalue weighted by molar-refractivity contribution is -0.142. The molecule has 4 heterocycles. The van der Waals surface area contributed by atoms with Crippen molar-refractivity contribution in [3.05, 3.63) is 76.8 Å². The number of aliphatic hydroxyl groups is 1. The predicted octanol–water partition coefficient (Wildman–Crippen LogP) is 3.03. The number of aryl methyl sites for hydroxylation is 1. The van der Waals surface area contributed by atoms with Gasteiger partial charge in [0.1, 0.15) is 12.0 Å². The number of carbonyl (C=O) groups excluding carboxylic acids is 1. The zero-order chi connectivity index (χ0) is 28.0. The van der Waals surface area contributed by atoms with Crippen molar-refractivity contribution in [1.29, 1.82) is 0 Å². The maximum absolute atomic E-state index is 13.7. The number of hydrogen-bond acceptors (Lipinski definition) is 5. The van der Waals surface area contributed by atoms with Gasteiger partial charge in [0, 0.05) is 50.4 Å². The first-order valence-electron chi connectivity index (χ1n) is 13.7. The summed E-state index contributed by atoms with van der Waals surface area (Å²) in [4.78, 5) is 46.6. The largest absolute Gasteiger partial charge is 0.465 e. The van der Waals surface area contributed by atoms with Crippen molar-refractivity contribution in [2.45, 2.75) is 37.3 Å².